The lowest BCUT2D eigenvalue weighted by Gasteiger charge is -1.95. The number of aromatic amines is 1. The van der Waals surface area contributed by atoms with Crippen LogP contribution in [0.25, 0.3) is 11.4 Å². The molecule has 94 valence electrons. The lowest BCUT2D eigenvalue weighted by molar-refractivity contribution is -0.136. The third kappa shape index (κ3) is 3.48. The van der Waals surface area contributed by atoms with Gasteiger partial charge in [-0.2, -0.15) is 0 Å². The SMILES string of the molecule is O=C(O)CCSc1n[nH]c(-c2cccc(Cl)c2)n1. The van der Waals surface area contributed by atoms with Crippen LogP contribution in [0.4, 0.5) is 0 Å². The molecule has 1 aromatic heterocycles. The number of aliphatic carboxylic acids is 1. The maximum Gasteiger partial charge on any atom is 0.304 e. The van der Waals surface area contributed by atoms with Crippen LogP contribution in [0.15, 0.2) is 29.4 Å². The summed E-state index contributed by atoms with van der Waals surface area (Å²) in [4.78, 5) is 14.6. The molecule has 2 rings (SSSR count). The minimum atomic E-state index is -0.826. The van der Waals surface area contributed by atoms with Crippen molar-refractivity contribution in [1.29, 1.82) is 0 Å². The van der Waals surface area contributed by atoms with E-state index in [1.165, 1.54) is 11.8 Å². The van der Waals surface area contributed by atoms with Crippen LogP contribution in [0, 0.1) is 0 Å². The molecule has 0 unspecified atom stereocenters. The number of thioether (sulfide) groups is 1. The summed E-state index contributed by atoms with van der Waals surface area (Å²) in [6.45, 7) is 0. The number of carbonyl (C=O) groups is 1. The molecule has 0 saturated carbocycles. The van der Waals surface area contributed by atoms with Crippen molar-refractivity contribution in [3.8, 4) is 11.4 Å². The van der Waals surface area contributed by atoms with E-state index in [1.807, 2.05) is 12.1 Å². The summed E-state index contributed by atoms with van der Waals surface area (Å²) in [6, 6.07) is 7.27. The number of halogens is 1. The quantitative estimate of drug-likeness (QED) is 0.825. The highest BCUT2D eigenvalue weighted by molar-refractivity contribution is 7.99. The first-order chi connectivity index (χ1) is 8.65. The zero-order valence-corrected chi connectivity index (χ0v) is 10.8. The zero-order valence-electron chi connectivity index (χ0n) is 9.26. The van der Waals surface area contributed by atoms with Crippen LogP contribution in [0.5, 0.6) is 0 Å². The van der Waals surface area contributed by atoms with Crippen molar-refractivity contribution >= 4 is 29.3 Å². The van der Waals surface area contributed by atoms with Crippen molar-refractivity contribution < 1.29 is 9.90 Å². The fourth-order valence-corrected chi connectivity index (χ4v) is 2.22. The van der Waals surface area contributed by atoms with Crippen molar-refractivity contribution in [3.05, 3.63) is 29.3 Å². The maximum absolute atomic E-state index is 10.4. The number of nitrogens with one attached hydrogen (secondary N) is 1. The number of rotatable bonds is 5. The molecule has 0 atom stereocenters. The molecule has 0 aliphatic rings. The summed E-state index contributed by atoms with van der Waals surface area (Å²) >= 11 is 7.19. The van der Waals surface area contributed by atoms with Crippen LogP contribution in [0.2, 0.25) is 5.02 Å². The Kier molecular flexibility index (Phi) is 4.22. The highest BCUT2D eigenvalue weighted by Gasteiger charge is 2.07. The lowest BCUT2D eigenvalue weighted by atomic mass is 10.2. The molecule has 2 N–H and O–H groups in total. The van der Waals surface area contributed by atoms with E-state index in [2.05, 4.69) is 15.2 Å². The number of benzene rings is 1. The molecule has 0 spiro atoms. The van der Waals surface area contributed by atoms with Gasteiger partial charge in [0.1, 0.15) is 0 Å². The lowest BCUT2D eigenvalue weighted by Crippen LogP contribution is -1.95. The van der Waals surface area contributed by atoms with Gasteiger partial charge in [-0.25, -0.2) is 4.98 Å². The molecule has 7 heteroatoms. The first-order valence-corrected chi connectivity index (χ1v) is 6.54. The largest absolute Gasteiger partial charge is 0.481 e. The molecule has 0 aliphatic carbocycles. The van der Waals surface area contributed by atoms with Gasteiger partial charge < -0.3 is 5.11 Å². The maximum atomic E-state index is 10.4. The third-order valence-electron chi connectivity index (χ3n) is 2.11. The molecule has 5 nitrogen and oxygen atoms in total. The molecule has 1 aromatic carbocycles. The Balaban J connectivity index is 2.04. The van der Waals surface area contributed by atoms with Crippen LogP contribution in [-0.2, 0) is 4.79 Å². The molecule has 2 aromatic rings. The molecule has 18 heavy (non-hydrogen) atoms. The average molecular weight is 284 g/mol. The van der Waals surface area contributed by atoms with Crippen LogP contribution in [-0.4, -0.2) is 32.0 Å². The first-order valence-electron chi connectivity index (χ1n) is 5.18. The molecule has 0 radical (unpaired) electrons. The summed E-state index contributed by atoms with van der Waals surface area (Å²) in [5.41, 5.74) is 0.847. The van der Waals surface area contributed by atoms with E-state index in [9.17, 15) is 4.79 Å². The number of nitrogens with zero attached hydrogens (tertiary/aromatic N) is 2. The van der Waals surface area contributed by atoms with Gasteiger partial charge in [0.2, 0.25) is 5.16 Å². The highest BCUT2D eigenvalue weighted by atomic mass is 35.5. The second kappa shape index (κ2) is 5.88. The van der Waals surface area contributed by atoms with E-state index in [-0.39, 0.29) is 6.42 Å². The van der Waals surface area contributed by atoms with E-state index in [0.29, 0.717) is 21.8 Å². The highest BCUT2D eigenvalue weighted by Crippen LogP contribution is 2.22. The van der Waals surface area contributed by atoms with Gasteiger partial charge in [0.15, 0.2) is 5.82 Å². The van der Waals surface area contributed by atoms with Crippen LogP contribution >= 0.6 is 23.4 Å². The smallest absolute Gasteiger partial charge is 0.304 e. The minimum absolute atomic E-state index is 0.0890. The van der Waals surface area contributed by atoms with Gasteiger partial charge in [-0.05, 0) is 12.1 Å². The van der Waals surface area contributed by atoms with Crippen molar-refractivity contribution in [2.75, 3.05) is 5.75 Å². The molecular weight excluding hydrogens is 274 g/mol. The Labute approximate surface area is 113 Å². The Hall–Kier alpha value is -1.53. The summed E-state index contributed by atoms with van der Waals surface area (Å²) in [7, 11) is 0. The Bertz CT molecular complexity index is 559. The predicted octanol–water partition coefficient (Wildman–Crippen LogP) is 2.69. The van der Waals surface area contributed by atoms with E-state index < -0.39 is 5.97 Å². The Morgan fingerprint density at radius 2 is 2.33 bits per heavy atom. The molecule has 0 saturated heterocycles. The topological polar surface area (TPSA) is 78.9 Å². The van der Waals surface area contributed by atoms with E-state index in [1.54, 1.807) is 12.1 Å². The van der Waals surface area contributed by atoms with Crippen molar-refractivity contribution in [2.24, 2.45) is 0 Å². The van der Waals surface area contributed by atoms with Gasteiger partial charge in [-0.3, -0.25) is 9.89 Å². The van der Waals surface area contributed by atoms with Gasteiger partial charge in [-0.1, -0.05) is 35.5 Å². The first kappa shape index (κ1) is 12.9. The number of H-pyrrole nitrogens is 1. The predicted molar refractivity (Wildman–Crippen MR) is 69.8 cm³/mol. The molecule has 0 fully saturated rings. The summed E-state index contributed by atoms with van der Waals surface area (Å²) in [6.07, 6.45) is 0.0890. The van der Waals surface area contributed by atoms with E-state index in [4.69, 9.17) is 16.7 Å². The fourth-order valence-electron chi connectivity index (χ4n) is 1.31. The second-order valence-electron chi connectivity index (χ2n) is 3.47. The van der Waals surface area contributed by atoms with Gasteiger partial charge >= 0.3 is 5.97 Å². The summed E-state index contributed by atoms with van der Waals surface area (Å²) in [5.74, 6) is 0.241. The molecule has 0 amide bonds. The number of carboxylic acid groups (broad SMARTS) is 1. The number of aromatic nitrogens is 3. The molecule has 1 heterocycles. The average Bonchev–Trinajstić information content (AvgIpc) is 2.77. The number of hydrogen-bond donors (Lipinski definition) is 2. The van der Waals surface area contributed by atoms with Gasteiger partial charge in [0, 0.05) is 16.3 Å². The number of hydrogen-bond acceptors (Lipinski definition) is 4. The standard InChI is InChI=1S/C11H10ClN3O2S/c12-8-3-1-2-7(6-8)10-13-11(15-14-10)18-5-4-9(16)17/h1-3,6H,4-5H2,(H,16,17)(H,13,14,15). The van der Waals surface area contributed by atoms with Crippen molar-refractivity contribution in [3.63, 3.8) is 0 Å². The molecule has 0 bridgehead atoms. The third-order valence-corrected chi connectivity index (χ3v) is 3.19. The van der Waals surface area contributed by atoms with Crippen LogP contribution < -0.4 is 0 Å². The Morgan fingerprint density at radius 3 is 3.06 bits per heavy atom. The van der Waals surface area contributed by atoms with Gasteiger partial charge in [-0.15, -0.1) is 5.10 Å². The van der Waals surface area contributed by atoms with Crippen LogP contribution in [0.1, 0.15) is 6.42 Å². The zero-order chi connectivity index (χ0) is 13.0. The minimum Gasteiger partial charge on any atom is -0.481 e. The molecule has 0 aliphatic heterocycles. The fraction of sp³-hybridized carbons (Fsp3) is 0.182. The van der Waals surface area contributed by atoms with Gasteiger partial charge in [0.25, 0.3) is 0 Å². The monoisotopic (exact) mass is 283 g/mol. The Morgan fingerprint density at radius 1 is 1.50 bits per heavy atom. The second-order valence-corrected chi connectivity index (χ2v) is 4.97. The normalized spacial score (nSPS) is 10.5. The van der Waals surface area contributed by atoms with E-state index in [0.717, 1.165) is 5.56 Å². The summed E-state index contributed by atoms with van der Waals surface area (Å²) < 4.78 is 0. The van der Waals surface area contributed by atoms with E-state index >= 15 is 0 Å². The number of carboxylic acids is 1. The van der Waals surface area contributed by atoms with Gasteiger partial charge in [0.05, 0.1) is 6.42 Å². The van der Waals surface area contributed by atoms with Crippen molar-refractivity contribution in [2.45, 2.75) is 11.6 Å². The van der Waals surface area contributed by atoms with Crippen LogP contribution in [0.3, 0.4) is 0 Å². The van der Waals surface area contributed by atoms with Crippen molar-refractivity contribution in [1.82, 2.24) is 15.2 Å². The molecular formula is C11H10ClN3O2S. The summed E-state index contributed by atoms with van der Waals surface area (Å²) in [5, 5.41) is 16.5.